The van der Waals surface area contributed by atoms with Crippen LogP contribution in [-0.4, -0.2) is 65.4 Å². The van der Waals surface area contributed by atoms with E-state index in [0.29, 0.717) is 59.3 Å². The summed E-state index contributed by atoms with van der Waals surface area (Å²) < 4.78 is 26.8. The Morgan fingerprint density at radius 3 is 1.50 bits per heavy atom. The lowest BCUT2D eigenvalue weighted by molar-refractivity contribution is -0.145. The number of carbonyl (C=O) groups is 1. The summed E-state index contributed by atoms with van der Waals surface area (Å²) in [6, 6.07) is 0. The highest BCUT2D eigenvalue weighted by atomic mass is 16.6. The zero-order valence-corrected chi connectivity index (χ0v) is 18.4. The summed E-state index contributed by atoms with van der Waals surface area (Å²) in [7, 11) is 0. The molecule has 0 aliphatic rings. The minimum Gasteiger partial charge on any atom is -0.463 e. The molecule has 0 spiro atoms. The van der Waals surface area contributed by atoms with E-state index in [-0.39, 0.29) is 5.97 Å². The Balaban J connectivity index is 3.10. The number of hydrogen-bond acceptors (Lipinski definition) is 6. The number of esters is 1. The van der Waals surface area contributed by atoms with Gasteiger partial charge in [0, 0.05) is 13.0 Å². The van der Waals surface area contributed by atoms with Crippen LogP contribution >= 0.6 is 0 Å². The average Bonchev–Trinajstić information content (AvgIpc) is 2.70. The first kappa shape index (κ1) is 27.3. The molecular weight excluding hydrogens is 360 g/mol. The van der Waals surface area contributed by atoms with Crippen LogP contribution in [0.2, 0.25) is 0 Å². The van der Waals surface area contributed by atoms with Crippen LogP contribution in [0.25, 0.3) is 0 Å². The highest BCUT2D eigenvalue weighted by molar-refractivity contribution is 5.69. The van der Waals surface area contributed by atoms with E-state index >= 15 is 0 Å². The van der Waals surface area contributed by atoms with Gasteiger partial charge in [-0.2, -0.15) is 0 Å². The molecule has 0 rings (SSSR count). The molecule has 0 saturated heterocycles. The molecule has 6 heteroatoms. The first-order valence-corrected chi connectivity index (χ1v) is 11.3. The van der Waals surface area contributed by atoms with Crippen LogP contribution in [0.3, 0.4) is 0 Å². The predicted octanol–water partition coefficient (Wildman–Crippen LogP) is 4.54. The van der Waals surface area contributed by atoms with Gasteiger partial charge in [-0.25, -0.2) is 0 Å². The van der Waals surface area contributed by atoms with Gasteiger partial charge in [0.2, 0.25) is 0 Å². The standard InChI is InChI=1S/C22H44O6/c1-3-5-7-8-9-10-12-22(23)28-21-20-27-19-18-26-17-16-25-15-14-24-13-11-6-4-2/h3-21H2,1-2H3. The van der Waals surface area contributed by atoms with Gasteiger partial charge in [-0.1, -0.05) is 58.8 Å². The zero-order valence-electron chi connectivity index (χ0n) is 18.4. The summed E-state index contributed by atoms with van der Waals surface area (Å²) in [6.45, 7) is 9.31. The largest absolute Gasteiger partial charge is 0.463 e. The monoisotopic (exact) mass is 404 g/mol. The first-order chi connectivity index (χ1) is 13.8. The van der Waals surface area contributed by atoms with E-state index in [1.807, 2.05) is 0 Å². The van der Waals surface area contributed by atoms with Gasteiger partial charge in [0.05, 0.1) is 46.2 Å². The highest BCUT2D eigenvalue weighted by Gasteiger charge is 2.02. The van der Waals surface area contributed by atoms with Crippen LogP contribution in [0, 0.1) is 0 Å². The van der Waals surface area contributed by atoms with Gasteiger partial charge in [-0.05, 0) is 12.8 Å². The van der Waals surface area contributed by atoms with Crippen molar-refractivity contribution in [3.8, 4) is 0 Å². The fourth-order valence-corrected chi connectivity index (χ4v) is 2.55. The van der Waals surface area contributed by atoms with Crippen molar-refractivity contribution < 1.29 is 28.5 Å². The number of ether oxygens (including phenoxy) is 5. The molecule has 0 unspecified atom stereocenters. The maximum absolute atomic E-state index is 11.6. The summed E-state index contributed by atoms with van der Waals surface area (Å²) in [5.41, 5.74) is 0. The van der Waals surface area contributed by atoms with Crippen molar-refractivity contribution in [1.29, 1.82) is 0 Å². The number of unbranched alkanes of at least 4 members (excludes halogenated alkanes) is 7. The minimum atomic E-state index is -0.123. The Hall–Kier alpha value is -0.690. The van der Waals surface area contributed by atoms with Gasteiger partial charge in [0.15, 0.2) is 0 Å². The van der Waals surface area contributed by atoms with Crippen LogP contribution in [0.15, 0.2) is 0 Å². The van der Waals surface area contributed by atoms with Crippen LogP contribution in [0.1, 0.15) is 78.1 Å². The van der Waals surface area contributed by atoms with Crippen LogP contribution in [0.5, 0.6) is 0 Å². The molecule has 28 heavy (non-hydrogen) atoms. The number of carbonyl (C=O) groups excluding carboxylic acids is 1. The van der Waals surface area contributed by atoms with Crippen LogP contribution in [-0.2, 0) is 28.5 Å². The highest BCUT2D eigenvalue weighted by Crippen LogP contribution is 2.07. The molecule has 0 aliphatic heterocycles. The van der Waals surface area contributed by atoms with E-state index in [9.17, 15) is 4.79 Å². The summed E-state index contributed by atoms with van der Waals surface area (Å²) in [6.07, 6.45) is 11.1. The van der Waals surface area contributed by atoms with Crippen LogP contribution in [0.4, 0.5) is 0 Å². The topological polar surface area (TPSA) is 63.2 Å². The van der Waals surface area contributed by atoms with Crippen molar-refractivity contribution >= 4 is 5.97 Å². The first-order valence-electron chi connectivity index (χ1n) is 11.3. The number of hydrogen-bond donors (Lipinski definition) is 0. The van der Waals surface area contributed by atoms with E-state index in [4.69, 9.17) is 23.7 Å². The van der Waals surface area contributed by atoms with Gasteiger partial charge >= 0.3 is 5.97 Å². The van der Waals surface area contributed by atoms with Crippen molar-refractivity contribution in [1.82, 2.24) is 0 Å². The maximum atomic E-state index is 11.6. The van der Waals surface area contributed by atoms with Crippen LogP contribution < -0.4 is 0 Å². The third-order valence-electron chi connectivity index (χ3n) is 4.23. The predicted molar refractivity (Wildman–Crippen MR) is 112 cm³/mol. The Morgan fingerprint density at radius 1 is 0.500 bits per heavy atom. The second-order valence-corrected chi connectivity index (χ2v) is 6.89. The molecule has 0 aliphatic carbocycles. The second-order valence-electron chi connectivity index (χ2n) is 6.89. The van der Waals surface area contributed by atoms with Crippen molar-refractivity contribution in [2.24, 2.45) is 0 Å². The van der Waals surface area contributed by atoms with E-state index in [2.05, 4.69) is 13.8 Å². The normalized spacial score (nSPS) is 11.1. The molecule has 0 atom stereocenters. The van der Waals surface area contributed by atoms with Crippen molar-refractivity contribution in [2.45, 2.75) is 78.1 Å². The second kappa shape index (κ2) is 24.3. The quantitative estimate of drug-likeness (QED) is 0.184. The van der Waals surface area contributed by atoms with Gasteiger partial charge in [-0.3, -0.25) is 4.79 Å². The van der Waals surface area contributed by atoms with E-state index in [1.165, 1.54) is 38.5 Å². The van der Waals surface area contributed by atoms with E-state index in [0.717, 1.165) is 25.9 Å². The Kier molecular flexibility index (Phi) is 23.7. The molecule has 168 valence electrons. The summed E-state index contributed by atoms with van der Waals surface area (Å²) >= 11 is 0. The lowest BCUT2D eigenvalue weighted by atomic mass is 10.1. The number of rotatable bonds is 23. The lowest BCUT2D eigenvalue weighted by Gasteiger charge is -2.08. The molecule has 6 nitrogen and oxygen atoms in total. The Morgan fingerprint density at radius 2 is 0.929 bits per heavy atom. The summed E-state index contributed by atoms with van der Waals surface area (Å²) in [5.74, 6) is -0.123. The Labute approximate surface area is 172 Å². The average molecular weight is 405 g/mol. The fourth-order valence-electron chi connectivity index (χ4n) is 2.55. The lowest BCUT2D eigenvalue weighted by Crippen LogP contribution is -2.14. The molecule has 0 aromatic heterocycles. The Bertz CT molecular complexity index is 311. The van der Waals surface area contributed by atoms with Gasteiger partial charge < -0.3 is 23.7 Å². The molecule has 0 heterocycles. The minimum absolute atomic E-state index is 0.123. The molecule has 0 amide bonds. The van der Waals surface area contributed by atoms with E-state index < -0.39 is 0 Å². The van der Waals surface area contributed by atoms with Gasteiger partial charge in [-0.15, -0.1) is 0 Å². The molecule has 0 N–H and O–H groups in total. The third kappa shape index (κ3) is 23.3. The van der Waals surface area contributed by atoms with E-state index in [1.54, 1.807) is 0 Å². The van der Waals surface area contributed by atoms with Crippen molar-refractivity contribution in [3.05, 3.63) is 0 Å². The third-order valence-corrected chi connectivity index (χ3v) is 4.23. The fraction of sp³-hybridized carbons (Fsp3) is 0.955. The summed E-state index contributed by atoms with van der Waals surface area (Å²) in [5, 5.41) is 0. The maximum Gasteiger partial charge on any atom is 0.305 e. The SMILES string of the molecule is CCCCCCCCC(=O)OCCOCCOCCOCCOCCCCC. The molecule has 0 bridgehead atoms. The molecule has 0 saturated carbocycles. The molecular formula is C22H44O6. The molecule has 0 aromatic carbocycles. The van der Waals surface area contributed by atoms with Crippen molar-refractivity contribution in [2.75, 3.05) is 59.5 Å². The molecule has 0 fully saturated rings. The summed E-state index contributed by atoms with van der Waals surface area (Å²) in [4.78, 5) is 11.6. The molecule has 0 aromatic rings. The zero-order chi connectivity index (χ0) is 20.5. The smallest absolute Gasteiger partial charge is 0.305 e. The van der Waals surface area contributed by atoms with Gasteiger partial charge in [0.1, 0.15) is 6.61 Å². The van der Waals surface area contributed by atoms with Gasteiger partial charge in [0.25, 0.3) is 0 Å². The molecule has 0 radical (unpaired) electrons. The van der Waals surface area contributed by atoms with Crippen molar-refractivity contribution in [3.63, 3.8) is 0 Å².